The number of carbonyl (C=O) groups is 2. The van der Waals surface area contributed by atoms with Crippen molar-refractivity contribution < 1.29 is 19.4 Å². The zero-order valence-electron chi connectivity index (χ0n) is 7.98. The van der Waals surface area contributed by atoms with E-state index in [2.05, 4.69) is 5.92 Å². The smallest absolute Gasteiger partial charge is 0.382 e. The Balaban J connectivity index is 3.15. The lowest BCUT2D eigenvalue weighted by Crippen LogP contribution is -1.92. The molecule has 0 heterocycles. The quantitative estimate of drug-likeness (QED) is 0.575. The molecule has 0 aromatic heterocycles. The summed E-state index contributed by atoms with van der Waals surface area (Å²) in [6, 6.07) is 4.65. The molecule has 1 aromatic rings. The average molecular weight is 204 g/mol. The third-order valence-electron chi connectivity index (χ3n) is 1.69. The van der Waals surface area contributed by atoms with E-state index in [0.717, 1.165) is 0 Å². The first-order chi connectivity index (χ1) is 7.17. The minimum atomic E-state index is -1.23. The van der Waals surface area contributed by atoms with E-state index in [4.69, 9.17) is 9.84 Å². The van der Waals surface area contributed by atoms with Crippen molar-refractivity contribution in [3.8, 4) is 17.6 Å². The minimum Gasteiger partial charge on any atom is -0.497 e. The van der Waals surface area contributed by atoms with Crippen LogP contribution in [0.5, 0.6) is 5.75 Å². The van der Waals surface area contributed by atoms with Crippen LogP contribution in [0.3, 0.4) is 0 Å². The van der Waals surface area contributed by atoms with Crippen molar-refractivity contribution in [2.75, 3.05) is 7.11 Å². The Morgan fingerprint density at radius 2 is 2.27 bits per heavy atom. The Morgan fingerprint density at radius 3 is 2.80 bits per heavy atom. The minimum absolute atomic E-state index is 0.308. The summed E-state index contributed by atoms with van der Waals surface area (Å²) in [4.78, 5) is 20.9. The number of hydrogen-bond acceptors (Lipinski definition) is 3. The zero-order valence-corrected chi connectivity index (χ0v) is 7.98. The van der Waals surface area contributed by atoms with E-state index in [-0.39, 0.29) is 0 Å². The molecule has 76 valence electrons. The van der Waals surface area contributed by atoms with Gasteiger partial charge in [-0.2, -0.15) is 0 Å². The van der Waals surface area contributed by atoms with E-state index < -0.39 is 5.97 Å². The molecule has 1 aromatic carbocycles. The summed E-state index contributed by atoms with van der Waals surface area (Å²) in [5.74, 6) is 3.61. The molecule has 0 amide bonds. The van der Waals surface area contributed by atoms with E-state index in [1.807, 2.05) is 5.92 Å². The van der Waals surface area contributed by atoms with Gasteiger partial charge in [0.15, 0.2) is 6.29 Å². The molecule has 0 aliphatic heterocycles. The number of carboxylic acid groups (broad SMARTS) is 1. The molecular weight excluding hydrogens is 196 g/mol. The molecule has 1 N–H and O–H groups in total. The maximum atomic E-state index is 10.7. The number of ether oxygens (including phenoxy) is 1. The molecule has 0 unspecified atom stereocenters. The third-order valence-corrected chi connectivity index (χ3v) is 1.69. The van der Waals surface area contributed by atoms with Gasteiger partial charge in [-0.3, -0.25) is 4.79 Å². The summed E-state index contributed by atoms with van der Waals surface area (Å²) < 4.78 is 4.91. The summed E-state index contributed by atoms with van der Waals surface area (Å²) in [6.45, 7) is 0. The van der Waals surface area contributed by atoms with Crippen LogP contribution in [0, 0.1) is 11.8 Å². The van der Waals surface area contributed by atoms with Gasteiger partial charge in [-0.15, -0.1) is 0 Å². The van der Waals surface area contributed by atoms with Crippen molar-refractivity contribution >= 4 is 12.3 Å². The number of benzene rings is 1. The fourth-order valence-corrected chi connectivity index (χ4v) is 1.000. The Morgan fingerprint density at radius 1 is 1.53 bits per heavy atom. The van der Waals surface area contributed by atoms with Crippen LogP contribution in [0.15, 0.2) is 18.2 Å². The second-order valence-electron chi connectivity index (χ2n) is 2.63. The largest absolute Gasteiger partial charge is 0.497 e. The highest BCUT2D eigenvalue weighted by molar-refractivity contribution is 5.88. The highest BCUT2D eigenvalue weighted by atomic mass is 16.5. The summed E-state index contributed by atoms with van der Waals surface area (Å²) in [5, 5.41) is 8.35. The molecule has 0 aliphatic carbocycles. The van der Waals surface area contributed by atoms with Crippen molar-refractivity contribution in [1.29, 1.82) is 0 Å². The first kappa shape index (κ1) is 10.8. The number of carboxylic acids is 1. The number of rotatable bonds is 2. The predicted molar refractivity (Wildman–Crippen MR) is 52.9 cm³/mol. The van der Waals surface area contributed by atoms with Crippen molar-refractivity contribution in [2.24, 2.45) is 0 Å². The van der Waals surface area contributed by atoms with Crippen LogP contribution in [0.25, 0.3) is 0 Å². The van der Waals surface area contributed by atoms with Crippen LogP contribution in [0.1, 0.15) is 15.9 Å². The van der Waals surface area contributed by atoms with Gasteiger partial charge in [-0.1, -0.05) is 5.92 Å². The lowest BCUT2D eigenvalue weighted by molar-refractivity contribution is -0.130. The number of aldehydes is 1. The monoisotopic (exact) mass is 204 g/mol. The molecule has 4 nitrogen and oxygen atoms in total. The van der Waals surface area contributed by atoms with Gasteiger partial charge < -0.3 is 9.84 Å². The highest BCUT2D eigenvalue weighted by Gasteiger charge is 2.01. The van der Waals surface area contributed by atoms with Crippen molar-refractivity contribution in [3.05, 3.63) is 29.3 Å². The maximum absolute atomic E-state index is 10.7. The molecule has 4 heteroatoms. The summed E-state index contributed by atoms with van der Waals surface area (Å²) in [5.41, 5.74) is 0.677. The fraction of sp³-hybridized carbons (Fsp3) is 0.0909. The van der Waals surface area contributed by atoms with E-state index in [1.54, 1.807) is 12.1 Å². The standard InChI is InChI=1S/C11H8O4/c1-15-10-4-2-8(3-5-11(13)14)9(6-10)7-12/h2,4,6-7H,1H3,(H,13,14). The molecule has 0 aliphatic rings. The molecule has 0 saturated heterocycles. The van der Waals surface area contributed by atoms with E-state index in [9.17, 15) is 9.59 Å². The van der Waals surface area contributed by atoms with Gasteiger partial charge in [0, 0.05) is 17.0 Å². The van der Waals surface area contributed by atoms with E-state index >= 15 is 0 Å². The molecule has 15 heavy (non-hydrogen) atoms. The van der Waals surface area contributed by atoms with Gasteiger partial charge in [-0.05, 0) is 18.2 Å². The molecule has 1 rings (SSSR count). The highest BCUT2D eigenvalue weighted by Crippen LogP contribution is 2.15. The summed E-state index contributed by atoms with van der Waals surface area (Å²) in [7, 11) is 1.48. The van der Waals surface area contributed by atoms with E-state index in [0.29, 0.717) is 23.2 Å². The second-order valence-corrected chi connectivity index (χ2v) is 2.63. The lowest BCUT2D eigenvalue weighted by Gasteiger charge is -2.01. The van der Waals surface area contributed by atoms with Gasteiger partial charge in [0.1, 0.15) is 5.75 Å². The third kappa shape index (κ3) is 2.85. The Bertz CT molecular complexity index is 451. The predicted octanol–water partition coefficient (Wildman–Crippen LogP) is 0.944. The molecular formula is C11H8O4. The Hall–Kier alpha value is -2.28. The topological polar surface area (TPSA) is 63.6 Å². The van der Waals surface area contributed by atoms with Crippen LogP contribution < -0.4 is 4.74 Å². The zero-order chi connectivity index (χ0) is 11.3. The molecule has 0 atom stereocenters. The van der Waals surface area contributed by atoms with E-state index in [1.165, 1.54) is 13.2 Å². The van der Waals surface area contributed by atoms with Crippen molar-refractivity contribution in [1.82, 2.24) is 0 Å². The molecule has 0 fully saturated rings. The SMILES string of the molecule is COc1ccc(C#CC(=O)O)c(C=O)c1. The van der Waals surface area contributed by atoms with Gasteiger partial charge in [0.05, 0.1) is 7.11 Å². The van der Waals surface area contributed by atoms with Crippen LogP contribution in [0.4, 0.5) is 0 Å². The van der Waals surface area contributed by atoms with Gasteiger partial charge in [0.25, 0.3) is 0 Å². The number of aliphatic carboxylic acids is 1. The van der Waals surface area contributed by atoms with Gasteiger partial charge >= 0.3 is 5.97 Å². The Kier molecular flexibility index (Phi) is 3.47. The first-order valence-electron chi connectivity index (χ1n) is 4.05. The Labute approximate surface area is 86.5 Å². The number of carbonyl (C=O) groups excluding carboxylic acids is 1. The average Bonchev–Trinajstić information content (AvgIpc) is 2.25. The van der Waals surface area contributed by atoms with Crippen molar-refractivity contribution in [3.63, 3.8) is 0 Å². The fourth-order valence-electron chi connectivity index (χ4n) is 1.000. The van der Waals surface area contributed by atoms with Crippen LogP contribution in [-0.2, 0) is 4.79 Å². The van der Waals surface area contributed by atoms with Crippen molar-refractivity contribution in [2.45, 2.75) is 0 Å². The van der Waals surface area contributed by atoms with Crippen LogP contribution >= 0.6 is 0 Å². The van der Waals surface area contributed by atoms with Gasteiger partial charge in [-0.25, -0.2) is 4.79 Å². The molecule has 0 bridgehead atoms. The molecule has 0 saturated carbocycles. The summed E-state index contributed by atoms with van der Waals surface area (Å²) >= 11 is 0. The number of hydrogen-bond donors (Lipinski definition) is 1. The maximum Gasteiger partial charge on any atom is 0.382 e. The summed E-state index contributed by atoms with van der Waals surface area (Å²) in [6.07, 6.45) is 0.606. The van der Waals surface area contributed by atoms with Gasteiger partial charge in [0.2, 0.25) is 0 Å². The second kappa shape index (κ2) is 4.82. The van der Waals surface area contributed by atoms with Crippen LogP contribution in [0.2, 0.25) is 0 Å². The first-order valence-corrected chi connectivity index (χ1v) is 4.05. The number of methoxy groups -OCH3 is 1. The normalized spacial score (nSPS) is 8.60. The lowest BCUT2D eigenvalue weighted by atomic mass is 10.1. The molecule has 0 spiro atoms. The van der Waals surface area contributed by atoms with Crippen LogP contribution in [-0.4, -0.2) is 24.5 Å². The molecule has 0 radical (unpaired) electrons.